The van der Waals surface area contributed by atoms with Crippen LogP contribution in [0.15, 0.2) is 18.2 Å². The van der Waals surface area contributed by atoms with Gasteiger partial charge in [-0.3, -0.25) is 4.79 Å². The third-order valence-electron chi connectivity index (χ3n) is 4.11. The number of benzene rings is 1. The van der Waals surface area contributed by atoms with Crippen molar-refractivity contribution in [2.75, 3.05) is 11.9 Å². The highest BCUT2D eigenvalue weighted by Crippen LogP contribution is 2.35. The lowest BCUT2D eigenvalue weighted by Crippen LogP contribution is -2.41. The van der Waals surface area contributed by atoms with Crippen molar-refractivity contribution >= 4 is 24.0 Å². The second kappa shape index (κ2) is 7.83. The van der Waals surface area contributed by atoms with Crippen LogP contribution in [0.1, 0.15) is 37.8 Å². The summed E-state index contributed by atoms with van der Waals surface area (Å²) in [6.45, 7) is 5.19. The maximum atomic E-state index is 12.9. The first-order valence-electron chi connectivity index (χ1n) is 6.90. The van der Waals surface area contributed by atoms with Gasteiger partial charge >= 0.3 is 6.18 Å². The van der Waals surface area contributed by atoms with E-state index in [1.165, 1.54) is 19.1 Å². The Bertz CT molecular complexity index is 506. The van der Waals surface area contributed by atoms with E-state index in [4.69, 9.17) is 5.73 Å². The largest absolute Gasteiger partial charge is 0.416 e. The van der Waals surface area contributed by atoms with Crippen LogP contribution in [-0.2, 0) is 11.0 Å². The number of carbonyl (C=O) groups is 1. The van der Waals surface area contributed by atoms with Gasteiger partial charge in [0.2, 0.25) is 5.91 Å². The molecule has 0 heterocycles. The van der Waals surface area contributed by atoms with Crippen LogP contribution in [0.3, 0.4) is 0 Å². The molecule has 0 aliphatic carbocycles. The van der Waals surface area contributed by atoms with Gasteiger partial charge in [-0.05, 0) is 37.5 Å². The van der Waals surface area contributed by atoms with Crippen molar-refractivity contribution in [3.63, 3.8) is 0 Å². The van der Waals surface area contributed by atoms with E-state index in [1.54, 1.807) is 0 Å². The summed E-state index contributed by atoms with van der Waals surface area (Å²) in [4.78, 5) is 12.4. The standard InChI is InChI=1S/C15H21F3N2O.ClH/c1-4-14(5-2,9-19)13(21)20-12-8-6-7-11(10(12)3)15(16,17)18;/h6-8H,4-5,9,19H2,1-3H3,(H,20,21);1H. The summed E-state index contributed by atoms with van der Waals surface area (Å²) >= 11 is 0. The average Bonchev–Trinajstić information content (AvgIpc) is 2.42. The molecule has 126 valence electrons. The molecule has 0 spiro atoms. The number of halogens is 4. The molecule has 1 rings (SSSR count). The van der Waals surface area contributed by atoms with Crippen LogP contribution in [-0.4, -0.2) is 12.5 Å². The number of alkyl halides is 3. The number of hydrogen-bond donors (Lipinski definition) is 2. The average molecular weight is 339 g/mol. The number of hydrogen-bond acceptors (Lipinski definition) is 2. The Balaban J connectivity index is 0.00000441. The molecule has 0 atom stereocenters. The molecule has 0 aromatic heterocycles. The highest BCUT2D eigenvalue weighted by atomic mass is 35.5. The van der Waals surface area contributed by atoms with Crippen molar-refractivity contribution in [3.05, 3.63) is 29.3 Å². The molecular formula is C15H22ClF3N2O. The van der Waals surface area contributed by atoms with E-state index in [2.05, 4.69) is 5.32 Å². The number of anilines is 1. The molecule has 0 saturated heterocycles. The predicted molar refractivity (Wildman–Crippen MR) is 84.1 cm³/mol. The van der Waals surface area contributed by atoms with Crippen molar-refractivity contribution in [2.24, 2.45) is 11.1 Å². The predicted octanol–water partition coefficient (Wildman–Crippen LogP) is 4.14. The fourth-order valence-corrected chi connectivity index (χ4v) is 2.29. The molecule has 3 nitrogen and oxygen atoms in total. The highest BCUT2D eigenvalue weighted by molar-refractivity contribution is 5.96. The zero-order valence-corrected chi connectivity index (χ0v) is 13.7. The lowest BCUT2D eigenvalue weighted by molar-refractivity contribution is -0.138. The summed E-state index contributed by atoms with van der Waals surface area (Å²) in [6, 6.07) is 3.75. The maximum Gasteiger partial charge on any atom is 0.416 e. The number of rotatable bonds is 5. The van der Waals surface area contributed by atoms with Gasteiger partial charge in [-0.15, -0.1) is 12.4 Å². The first kappa shape index (κ1) is 20.7. The van der Waals surface area contributed by atoms with Gasteiger partial charge in [0.1, 0.15) is 0 Å². The third kappa shape index (κ3) is 4.14. The summed E-state index contributed by atoms with van der Waals surface area (Å²) in [5.41, 5.74) is 4.37. The lowest BCUT2D eigenvalue weighted by atomic mass is 9.81. The fourth-order valence-electron chi connectivity index (χ4n) is 2.29. The van der Waals surface area contributed by atoms with Gasteiger partial charge in [-0.25, -0.2) is 0 Å². The first-order chi connectivity index (χ1) is 9.71. The molecule has 0 bridgehead atoms. The van der Waals surface area contributed by atoms with Crippen molar-refractivity contribution < 1.29 is 18.0 Å². The van der Waals surface area contributed by atoms with Crippen molar-refractivity contribution in [1.29, 1.82) is 0 Å². The van der Waals surface area contributed by atoms with E-state index in [-0.39, 0.29) is 36.1 Å². The van der Waals surface area contributed by atoms with E-state index in [0.29, 0.717) is 12.8 Å². The molecule has 0 radical (unpaired) electrons. The number of nitrogens with two attached hydrogens (primary N) is 1. The normalized spacial score (nSPS) is 11.8. The maximum absolute atomic E-state index is 12.9. The Morgan fingerprint density at radius 2 is 1.77 bits per heavy atom. The summed E-state index contributed by atoms with van der Waals surface area (Å²) in [7, 11) is 0. The van der Waals surface area contributed by atoms with Crippen LogP contribution >= 0.6 is 12.4 Å². The van der Waals surface area contributed by atoms with Gasteiger partial charge in [-0.2, -0.15) is 13.2 Å². The Labute approximate surface area is 134 Å². The Morgan fingerprint density at radius 3 is 2.18 bits per heavy atom. The minimum absolute atomic E-state index is 0. The quantitative estimate of drug-likeness (QED) is 0.847. The molecule has 0 saturated carbocycles. The van der Waals surface area contributed by atoms with Crippen LogP contribution < -0.4 is 11.1 Å². The van der Waals surface area contributed by atoms with Crippen molar-refractivity contribution in [3.8, 4) is 0 Å². The van der Waals surface area contributed by atoms with Gasteiger partial charge < -0.3 is 11.1 Å². The molecule has 3 N–H and O–H groups in total. The molecule has 1 aromatic carbocycles. The SMILES string of the molecule is CCC(CC)(CN)C(=O)Nc1cccc(C(F)(F)F)c1C.Cl. The van der Waals surface area contributed by atoms with Crippen LogP contribution in [0.4, 0.5) is 18.9 Å². The minimum Gasteiger partial charge on any atom is -0.329 e. The zero-order chi connectivity index (χ0) is 16.3. The van der Waals surface area contributed by atoms with Crippen LogP contribution in [0, 0.1) is 12.3 Å². The number of nitrogens with one attached hydrogen (secondary N) is 1. The molecule has 0 unspecified atom stereocenters. The van der Waals surface area contributed by atoms with Gasteiger partial charge in [0.15, 0.2) is 0 Å². The van der Waals surface area contributed by atoms with Crippen LogP contribution in [0.25, 0.3) is 0 Å². The summed E-state index contributed by atoms with van der Waals surface area (Å²) in [6.07, 6.45) is -3.38. The Hall–Kier alpha value is -1.27. The van der Waals surface area contributed by atoms with Gasteiger partial charge in [0.05, 0.1) is 11.0 Å². The molecule has 1 amide bonds. The molecule has 0 aliphatic rings. The summed E-state index contributed by atoms with van der Waals surface area (Å²) in [5.74, 6) is -0.336. The summed E-state index contributed by atoms with van der Waals surface area (Å²) in [5, 5.41) is 2.60. The van der Waals surface area contributed by atoms with E-state index < -0.39 is 17.2 Å². The molecule has 0 aliphatic heterocycles. The molecule has 0 fully saturated rings. The first-order valence-corrected chi connectivity index (χ1v) is 6.90. The summed E-state index contributed by atoms with van der Waals surface area (Å²) < 4.78 is 38.6. The third-order valence-corrected chi connectivity index (χ3v) is 4.11. The minimum atomic E-state index is -4.44. The van der Waals surface area contributed by atoms with Crippen molar-refractivity contribution in [2.45, 2.75) is 39.8 Å². The smallest absolute Gasteiger partial charge is 0.329 e. The van der Waals surface area contributed by atoms with Crippen molar-refractivity contribution in [1.82, 2.24) is 0 Å². The van der Waals surface area contributed by atoms with E-state index in [1.807, 2.05) is 13.8 Å². The van der Waals surface area contributed by atoms with Gasteiger partial charge in [0, 0.05) is 12.2 Å². The van der Waals surface area contributed by atoms with Crippen LogP contribution in [0.2, 0.25) is 0 Å². The molecular weight excluding hydrogens is 317 g/mol. The second-order valence-electron chi connectivity index (χ2n) is 5.12. The molecule has 7 heteroatoms. The Kier molecular flexibility index (Phi) is 7.38. The lowest BCUT2D eigenvalue weighted by Gasteiger charge is -2.29. The highest BCUT2D eigenvalue weighted by Gasteiger charge is 2.35. The molecule has 1 aromatic rings. The van der Waals surface area contributed by atoms with E-state index in [9.17, 15) is 18.0 Å². The topological polar surface area (TPSA) is 55.1 Å². The Morgan fingerprint density at radius 1 is 1.23 bits per heavy atom. The fraction of sp³-hybridized carbons (Fsp3) is 0.533. The molecule has 22 heavy (non-hydrogen) atoms. The van der Waals surface area contributed by atoms with Crippen LogP contribution in [0.5, 0.6) is 0 Å². The van der Waals surface area contributed by atoms with E-state index >= 15 is 0 Å². The van der Waals surface area contributed by atoms with E-state index in [0.717, 1.165) is 6.07 Å². The monoisotopic (exact) mass is 338 g/mol. The second-order valence-corrected chi connectivity index (χ2v) is 5.12. The number of carbonyl (C=O) groups excluding carboxylic acids is 1. The van der Waals surface area contributed by atoms with Gasteiger partial charge in [0.25, 0.3) is 0 Å². The zero-order valence-electron chi connectivity index (χ0n) is 12.9. The number of amides is 1. The van der Waals surface area contributed by atoms with Gasteiger partial charge in [-0.1, -0.05) is 19.9 Å².